The van der Waals surface area contributed by atoms with Crippen molar-refractivity contribution in [1.29, 1.82) is 0 Å². The van der Waals surface area contributed by atoms with E-state index in [-0.39, 0.29) is 36.3 Å². The van der Waals surface area contributed by atoms with Gasteiger partial charge in [0.15, 0.2) is 0 Å². The van der Waals surface area contributed by atoms with Crippen LogP contribution in [0.2, 0.25) is 0 Å². The topological polar surface area (TPSA) is 177 Å². The molecule has 3 fully saturated rings. The highest BCUT2D eigenvalue weighted by molar-refractivity contribution is 7.99. The second-order valence-corrected chi connectivity index (χ2v) is 14.3. The maximum Gasteiger partial charge on any atom is 0.288 e. The van der Waals surface area contributed by atoms with Gasteiger partial charge in [-0.25, -0.2) is 4.98 Å². The van der Waals surface area contributed by atoms with Crippen molar-refractivity contribution in [3.63, 3.8) is 0 Å². The minimum Gasteiger partial charge on any atom is -0.490 e. The minimum atomic E-state index is -0.974. The van der Waals surface area contributed by atoms with Gasteiger partial charge in [-0.2, -0.15) is 0 Å². The number of carbonyl (C=O) groups is 4. The third-order valence-corrected chi connectivity index (χ3v) is 11.1. The van der Waals surface area contributed by atoms with E-state index in [0.29, 0.717) is 22.9 Å². The molecule has 2 saturated heterocycles. The number of anilines is 3. The second kappa shape index (κ2) is 13.6. The number of aromatic nitrogens is 1. The number of piperidine rings is 1. The molecule has 5 aliphatic rings. The van der Waals surface area contributed by atoms with Crippen LogP contribution in [0, 0.1) is 10.1 Å². The third-order valence-electron chi connectivity index (χ3n) is 9.96. The van der Waals surface area contributed by atoms with Gasteiger partial charge < -0.3 is 19.7 Å². The minimum absolute atomic E-state index is 0.0447. The lowest BCUT2D eigenvalue weighted by Crippen LogP contribution is -2.54. The summed E-state index contributed by atoms with van der Waals surface area (Å²) < 4.78 is 12.3. The molecule has 15 nitrogen and oxygen atoms in total. The number of fused-ring (bicyclic) bond motifs is 3. The number of benzene rings is 2. The predicted octanol–water partition coefficient (Wildman–Crippen LogP) is 3.74. The molecule has 1 saturated carbocycles. The average Bonchev–Trinajstić information content (AvgIpc) is 3.35. The molecular weight excluding hydrogens is 678 g/mol. The van der Waals surface area contributed by atoms with Crippen LogP contribution < -0.4 is 20.3 Å². The van der Waals surface area contributed by atoms with Gasteiger partial charge in [0.25, 0.3) is 17.5 Å². The molecule has 0 spiro atoms. The quantitative estimate of drug-likeness (QED) is 0.105. The summed E-state index contributed by atoms with van der Waals surface area (Å²) in [4.78, 5) is 72.3. The van der Waals surface area contributed by atoms with Gasteiger partial charge in [-0.15, -0.1) is 0 Å². The second-order valence-electron chi connectivity index (χ2n) is 13.2. The molecule has 1 aromatic heterocycles. The Kier molecular flexibility index (Phi) is 8.81. The van der Waals surface area contributed by atoms with Gasteiger partial charge in [0.05, 0.1) is 32.7 Å². The number of rotatable bonds is 10. The van der Waals surface area contributed by atoms with Crippen LogP contribution in [0.15, 0.2) is 58.5 Å². The first kappa shape index (κ1) is 33.1. The Morgan fingerprint density at radius 3 is 2.51 bits per heavy atom. The molecule has 4 amide bonds. The first-order valence-electron chi connectivity index (χ1n) is 17.0. The number of piperazine rings is 1. The van der Waals surface area contributed by atoms with Crippen LogP contribution in [-0.2, 0) is 14.3 Å². The predicted molar refractivity (Wildman–Crippen MR) is 185 cm³/mol. The highest BCUT2D eigenvalue weighted by Crippen LogP contribution is 2.46. The molecule has 2 N–H and O–H groups in total. The number of nitro groups is 1. The molecule has 0 radical (unpaired) electrons. The van der Waals surface area contributed by atoms with E-state index < -0.39 is 34.6 Å². The van der Waals surface area contributed by atoms with Gasteiger partial charge in [-0.3, -0.25) is 44.4 Å². The van der Waals surface area contributed by atoms with Crippen molar-refractivity contribution in [3.8, 4) is 5.75 Å². The normalized spacial score (nSPS) is 22.8. The number of imide groups is 2. The van der Waals surface area contributed by atoms with Crippen LogP contribution in [0.3, 0.4) is 0 Å². The fourth-order valence-corrected chi connectivity index (χ4v) is 8.10. The number of hydrogen-bond donors (Lipinski definition) is 2. The molecular formula is C35H35N7O8S. The van der Waals surface area contributed by atoms with E-state index in [4.69, 9.17) is 9.47 Å². The summed E-state index contributed by atoms with van der Waals surface area (Å²) in [5, 5.41) is 16.6. The van der Waals surface area contributed by atoms with Crippen LogP contribution in [-0.4, -0.2) is 101 Å². The van der Waals surface area contributed by atoms with Gasteiger partial charge in [-0.05, 0) is 49.2 Å². The van der Waals surface area contributed by atoms with E-state index in [2.05, 4.69) is 25.4 Å². The van der Waals surface area contributed by atoms with Crippen LogP contribution in [0.25, 0.3) is 0 Å². The van der Waals surface area contributed by atoms with Gasteiger partial charge in [0.2, 0.25) is 11.8 Å². The van der Waals surface area contributed by atoms with Crippen LogP contribution >= 0.6 is 11.8 Å². The summed E-state index contributed by atoms with van der Waals surface area (Å²) in [6.07, 6.45) is 4.27. The van der Waals surface area contributed by atoms with Crippen molar-refractivity contribution < 1.29 is 33.6 Å². The van der Waals surface area contributed by atoms with E-state index in [1.807, 2.05) is 24.3 Å². The molecule has 1 atom stereocenters. The van der Waals surface area contributed by atoms with Crippen molar-refractivity contribution in [1.82, 2.24) is 20.1 Å². The van der Waals surface area contributed by atoms with Gasteiger partial charge in [-0.1, -0.05) is 11.8 Å². The highest BCUT2D eigenvalue weighted by atomic mass is 32.2. The molecule has 1 aliphatic carbocycles. The molecule has 5 heterocycles. The maximum absolute atomic E-state index is 13.2. The van der Waals surface area contributed by atoms with Gasteiger partial charge in [0.1, 0.15) is 29.9 Å². The summed E-state index contributed by atoms with van der Waals surface area (Å²) in [5.41, 5.74) is 2.28. The summed E-state index contributed by atoms with van der Waals surface area (Å²) in [6.45, 7) is 4.87. The van der Waals surface area contributed by atoms with Crippen molar-refractivity contribution in [2.24, 2.45) is 0 Å². The molecule has 264 valence electrons. The summed E-state index contributed by atoms with van der Waals surface area (Å²) in [5.74, 6) is -0.650. The molecule has 4 aliphatic heterocycles. The standard InChI is InChI=1S/C35H35N7O8S/c43-31-7-6-28(33(44)38-31)41-34(45)25-4-2-20(14-26(25)35(41)46)40-11-9-39(10-12-40)8-1-13-49-23-16-24(17-23)50-22-3-5-27-29(18-22)51-30-15-21(42(47)48)19-36-32(30)37-27/h2-5,14-15,18-19,23-24,28H,1,6-13,16-17H2,(H,36,37)(H,38,43,44). The Balaban J connectivity index is 0.747. The molecule has 0 bridgehead atoms. The van der Waals surface area contributed by atoms with E-state index in [1.165, 1.54) is 24.0 Å². The first-order chi connectivity index (χ1) is 24.7. The van der Waals surface area contributed by atoms with Crippen molar-refractivity contribution in [3.05, 3.63) is 69.9 Å². The lowest BCUT2D eigenvalue weighted by Gasteiger charge is -2.37. The number of carbonyl (C=O) groups excluding carboxylic acids is 4. The number of nitrogens with one attached hydrogen (secondary N) is 2. The average molecular weight is 714 g/mol. The monoisotopic (exact) mass is 713 g/mol. The zero-order valence-corrected chi connectivity index (χ0v) is 28.4. The van der Waals surface area contributed by atoms with Crippen LogP contribution in [0.5, 0.6) is 5.75 Å². The number of amides is 4. The van der Waals surface area contributed by atoms with E-state index in [9.17, 15) is 29.3 Å². The summed E-state index contributed by atoms with van der Waals surface area (Å²) in [6, 6.07) is 11.6. The zero-order chi connectivity index (χ0) is 35.2. The Morgan fingerprint density at radius 2 is 1.73 bits per heavy atom. The number of hydrogen-bond acceptors (Lipinski definition) is 13. The zero-order valence-electron chi connectivity index (χ0n) is 27.5. The fraction of sp³-hybridized carbons (Fsp3) is 0.400. The van der Waals surface area contributed by atoms with Gasteiger partial charge in [0, 0.05) is 75.2 Å². The number of ether oxygens (including phenoxy) is 2. The maximum atomic E-state index is 13.2. The lowest BCUT2D eigenvalue weighted by atomic mass is 9.92. The van der Waals surface area contributed by atoms with Gasteiger partial charge >= 0.3 is 0 Å². The van der Waals surface area contributed by atoms with E-state index >= 15 is 0 Å². The summed E-state index contributed by atoms with van der Waals surface area (Å²) in [7, 11) is 0. The Hall–Kier alpha value is -5.06. The highest BCUT2D eigenvalue weighted by Gasteiger charge is 2.45. The van der Waals surface area contributed by atoms with Crippen LogP contribution in [0.4, 0.5) is 22.9 Å². The largest absolute Gasteiger partial charge is 0.490 e. The Labute approximate surface area is 296 Å². The van der Waals surface area contributed by atoms with Crippen molar-refractivity contribution in [2.45, 2.75) is 60.1 Å². The van der Waals surface area contributed by atoms with Crippen molar-refractivity contribution >= 4 is 58.3 Å². The molecule has 1 unspecified atom stereocenters. The first-order valence-corrected chi connectivity index (χ1v) is 17.9. The molecule has 3 aromatic rings. The van der Waals surface area contributed by atoms with E-state index in [0.717, 1.165) is 78.9 Å². The molecule has 16 heteroatoms. The number of nitrogens with zero attached hydrogens (tertiary/aromatic N) is 5. The molecule has 51 heavy (non-hydrogen) atoms. The Morgan fingerprint density at radius 1 is 0.922 bits per heavy atom. The molecule has 8 rings (SSSR count). The number of pyridine rings is 1. The summed E-state index contributed by atoms with van der Waals surface area (Å²) >= 11 is 1.43. The third kappa shape index (κ3) is 6.61. The molecule has 2 aromatic carbocycles. The Bertz CT molecular complexity index is 1940. The van der Waals surface area contributed by atoms with E-state index in [1.54, 1.807) is 12.1 Å². The van der Waals surface area contributed by atoms with Crippen molar-refractivity contribution in [2.75, 3.05) is 49.5 Å². The smallest absolute Gasteiger partial charge is 0.288 e. The van der Waals surface area contributed by atoms with Crippen LogP contribution in [0.1, 0.15) is 52.8 Å². The fourth-order valence-electron chi connectivity index (χ4n) is 7.08. The SMILES string of the molecule is O=C1CCC(N2C(=O)c3ccc(N4CCN(CCCOC5CC(Oc6ccc7c(c6)Sc6cc([N+](=O)[O-])cnc6N7)C5)CC4)cc3C2=O)C(=O)N1. The lowest BCUT2D eigenvalue weighted by molar-refractivity contribution is -0.385.